The molecule has 4 rings (SSSR count). The van der Waals surface area contributed by atoms with E-state index in [4.69, 9.17) is 5.73 Å². The molecule has 0 amide bonds. The standard InChI is InChI=1S/C18H14N2/c19-18-15-4-2-1-3-12(15)5-7-16(18)13-6-8-17-14(11-13)9-10-20-17/h1-11,20H,19H2. The van der Waals surface area contributed by atoms with E-state index >= 15 is 0 Å². The Labute approximate surface area is 116 Å². The fourth-order valence-electron chi connectivity index (χ4n) is 2.77. The van der Waals surface area contributed by atoms with Gasteiger partial charge in [-0.05, 0) is 34.5 Å². The van der Waals surface area contributed by atoms with Gasteiger partial charge in [0.25, 0.3) is 0 Å². The summed E-state index contributed by atoms with van der Waals surface area (Å²) in [7, 11) is 0. The fraction of sp³-hybridized carbons (Fsp3) is 0. The summed E-state index contributed by atoms with van der Waals surface area (Å²) in [6.45, 7) is 0. The number of nitrogens with two attached hydrogens (primary N) is 1. The average Bonchev–Trinajstić information content (AvgIpc) is 2.95. The van der Waals surface area contributed by atoms with Gasteiger partial charge in [0.15, 0.2) is 0 Å². The Morgan fingerprint density at radius 3 is 2.65 bits per heavy atom. The number of aromatic nitrogens is 1. The van der Waals surface area contributed by atoms with E-state index < -0.39 is 0 Å². The lowest BCUT2D eigenvalue weighted by Gasteiger charge is -2.09. The van der Waals surface area contributed by atoms with Gasteiger partial charge in [-0.1, -0.05) is 42.5 Å². The molecule has 0 fully saturated rings. The van der Waals surface area contributed by atoms with Crippen LogP contribution in [0.5, 0.6) is 0 Å². The third-order valence-corrected chi connectivity index (χ3v) is 3.83. The highest BCUT2D eigenvalue weighted by atomic mass is 14.7. The Bertz CT molecular complexity index is 919. The predicted molar refractivity (Wildman–Crippen MR) is 85.7 cm³/mol. The molecule has 0 radical (unpaired) electrons. The molecule has 2 nitrogen and oxygen atoms in total. The number of hydrogen-bond donors (Lipinski definition) is 2. The molecular weight excluding hydrogens is 244 g/mol. The monoisotopic (exact) mass is 258 g/mol. The van der Waals surface area contributed by atoms with Crippen LogP contribution in [0.25, 0.3) is 32.8 Å². The van der Waals surface area contributed by atoms with Crippen molar-refractivity contribution in [3.05, 3.63) is 66.9 Å². The molecule has 4 aromatic rings. The van der Waals surface area contributed by atoms with Crippen LogP contribution in [0.4, 0.5) is 5.69 Å². The van der Waals surface area contributed by atoms with Crippen molar-refractivity contribution >= 4 is 27.4 Å². The minimum Gasteiger partial charge on any atom is -0.398 e. The van der Waals surface area contributed by atoms with Crippen molar-refractivity contribution in [1.29, 1.82) is 0 Å². The van der Waals surface area contributed by atoms with Crippen LogP contribution < -0.4 is 5.73 Å². The zero-order chi connectivity index (χ0) is 13.5. The third kappa shape index (κ3) is 1.58. The molecule has 0 saturated carbocycles. The summed E-state index contributed by atoms with van der Waals surface area (Å²) in [5, 5.41) is 3.49. The van der Waals surface area contributed by atoms with E-state index in [0.717, 1.165) is 27.7 Å². The van der Waals surface area contributed by atoms with Crippen LogP contribution in [-0.4, -0.2) is 4.98 Å². The molecule has 0 saturated heterocycles. The maximum absolute atomic E-state index is 6.36. The fourth-order valence-corrected chi connectivity index (χ4v) is 2.77. The van der Waals surface area contributed by atoms with Crippen LogP contribution in [0.1, 0.15) is 0 Å². The predicted octanol–water partition coefficient (Wildman–Crippen LogP) is 4.57. The minimum atomic E-state index is 0.845. The molecule has 1 aromatic heterocycles. The number of rotatable bonds is 1. The van der Waals surface area contributed by atoms with Crippen LogP contribution in [0.2, 0.25) is 0 Å². The van der Waals surface area contributed by atoms with E-state index in [2.05, 4.69) is 53.5 Å². The molecule has 3 aromatic carbocycles. The first-order valence-electron chi connectivity index (χ1n) is 6.68. The normalized spacial score (nSPS) is 11.2. The summed E-state index contributed by atoms with van der Waals surface area (Å²) in [4.78, 5) is 3.21. The number of aromatic amines is 1. The molecule has 0 aliphatic rings. The molecule has 96 valence electrons. The highest BCUT2D eigenvalue weighted by Crippen LogP contribution is 2.33. The van der Waals surface area contributed by atoms with Crippen LogP contribution in [0.15, 0.2) is 66.9 Å². The van der Waals surface area contributed by atoms with Crippen molar-refractivity contribution in [3.8, 4) is 11.1 Å². The van der Waals surface area contributed by atoms with Gasteiger partial charge in [-0.15, -0.1) is 0 Å². The third-order valence-electron chi connectivity index (χ3n) is 3.83. The maximum Gasteiger partial charge on any atom is 0.0473 e. The number of benzene rings is 3. The van der Waals surface area contributed by atoms with Crippen molar-refractivity contribution in [3.63, 3.8) is 0 Å². The van der Waals surface area contributed by atoms with Crippen molar-refractivity contribution in [2.75, 3.05) is 5.73 Å². The van der Waals surface area contributed by atoms with Gasteiger partial charge < -0.3 is 10.7 Å². The van der Waals surface area contributed by atoms with Crippen molar-refractivity contribution < 1.29 is 0 Å². The van der Waals surface area contributed by atoms with Gasteiger partial charge in [0.05, 0.1) is 0 Å². The first-order valence-corrected chi connectivity index (χ1v) is 6.68. The Morgan fingerprint density at radius 1 is 0.800 bits per heavy atom. The molecule has 0 aliphatic carbocycles. The summed E-state index contributed by atoms with van der Waals surface area (Å²) >= 11 is 0. The van der Waals surface area contributed by atoms with Gasteiger partial charge in [0.1, 0.15) is 0 Å². The second kappa shape index (κ2) is 4.14. The number of nitrogens with one attached hydrogen (secondary N) is 1. The summed E-state index contributed by atoms with van der Waals surface area (Å²) in [6.07, 6.45) is 1.96. The molecular formula is C18H14N2. The van der Waals surface area contributed by atoms with Crippen LogP contribution in [0.3, 0.4) is 0 Å². The maximum atomic E-state index is 6.36. The molecule has 0 bridgehead atoms. The van der Waals surface area contributed by atoms with Crippen LogP contribution >= 0.6 is 0 Å². The largest absolute Gasteiger partial charge is 0.398 e. The number of nitrogen functional groups attached to an aromatic ring is 1. The first-order chi connectivity index (χ1) is 9.83. The van der Waals surface area contributed by atoms with Gasteiger partial charge in [-0.3, -0.25) is 0 Å². The first kappa shape index (κ1) is 11.1. The van der Waals surface area contributed by atoms with Crippen LogP contribution in [-0.2, 0) is 0 Å². The molecule has 2 heteroatoms. The van der Waals surface area contributed by atoms with E-state index in [1.165, 1.54) is 10.8 Å². The zero-order valence-corrected chi connectivity index (χ0v) is 10.9. The lowest BCUT2D eigenvalue weighted by Crippen LogP contribution is -1.91. The van der Waals surface area contributed by atoms with Crippen molar-refractivity contribution in [1.82, 2.24) is 4.98 Å². The topological polar surface area (TPSA) is 41.8 Å². The second-order valence-electron chi connectivity index (χ2n) is 5.03. The summed E-state index contributed by atoms with van der Waals surface area (Å²) in [6, 6.07) is 20.9. The Morgan fingerprint density at radius 2 is 1.70 bits per heavy atom. The number of fused-ring (bicyclic) bond motifs is 2. The quantitative estimate of drug-likeness (QED) is 0.482. The molecule has 3 N–H and O–H groups in total. The highest BCUT2D eigenvalue weighted by molar-refractivity contribution is 6.01. The van der Waals surface area contributed by atoms with Crippen molar-refractivity contribution in [2.24, 2.45) is 0 Å². The molecule has 1 heterocycles. The summed E-state index contributed by atoms with van der Waals surface area (Å²) in [5.41, 5.74) is 10.6. The van der Waals surface area contributed by atoms with Gasteiger partial charge in [0.2, 0.25) is 0 Å². The van der Waals surface area contributed by atoms with E-state index in [0.29, 0.717) is 0 Å². The lowest BCUT2D eigenvalue weighted by molar-refractivity contribution is 1.48. The summed E-state index contributed by atoms with van der Waals surface area (Å²) in [5.74, 6) is 0. The Hall–Kier alpha value is -2.74. The second-order valence-corrected chi connectivity index (χ2v) is 5.03. The van der Waals surface area contributed by atoms with E-state index in [1.807, 2.05) is 18.3 Å². The smallest absolute Gasteiger partial charge is 0.0473 e. The molecule has 0 unspecified atom stereocenters. The van der Waals surface area contributed by atoms with E-state index in [9.17, 15) is 0 Å². The van der Waals surface area contributed by atoms with Gasteiger partial charge in [0, 0.05) is 28.4 Å². The average molecular weight is 258 g/mol. The van der Waals surface area contributed by atoms with Crippen molar-refractivity contribution in [2.45, 2.75) is 0 Å². The van der Waals surface area contributed by atoms with E-state index in [-0.39, 0.29) is 0 Å². The van der Waals surface area contributed by atoms with Gasteiger partial charge >= 0.3 is 0 Å². The summed E-state index contributed by atoms with van der Waals surface area (Å²) < 4.78 is 0. The Kier molecular flexibility index (Phi) is 2.30. The Balaban J connectivity index is 1.99. The molecule has 0 spiro atoms. The number of anilines is 1. The zero-order valence-electron chi connectivity index (χ0n) is 10.9. The number of H-pyrrole nitrogens is 1. The van der Waals surface area contributed by atoms with Crippen LogP contribution in [0, 0.1) is 0 Å². The molecule has 0 aliphatic heterocycles. The minimum absolute atomic E-state index is 0.845. The SMILES string of the molecule is Nc1c(-c2ccc3[nH]ccc3c2)ccc2ccccc12. The van der Waals surface area contributed by atoms with Gasteiger partial charge in [-0.25, -0.2) is 0 Å². The molecule has 20 heavy (non-hydrogen) atoms. The van der Waals surface area contributed by atoms with Gasteiger partial charge in [-0.2, -0.15) is 0 Å². The highest BCUT2D eigenvalue weighted by Gasteiger charge is 2.07. The molecule has 0 atom stereocenters. The van der Waals surface area contributed by atoms with E-state index in [1.54, 1.807) is 0 Å². The number of hydrogen-bond acceptors (Lipinski definition) is 1. The lowest BCUT2D eigenvalue weighted by atomic mass is 9.98.